The van der Waals surface area contributed by atoms with E-state index in [9.17, 15) is 4.79 Å². The molecule has 0 radical (unpaired) electrons. The van der Waals surface area contributed by atoms with Crippen LogP contribution in [-0.4, -0.2) is 15.7 Å². The van der Waals surface area contributed by atoms with Crippen LogP contribution in [0.1, 0.15) is 38.8 Å². The van der Waals surface area contributed by atoms with E-state index in [4.69, 9.17) is 16.0 Å². The highest BCUT2D eigenvalue weighted by Gasteiger charge is 2.15. The van der Waals surface area contributed by atoms with Crippen molar-refractivity contribution in [1.82, 2.24) is 9.78 Å². The number of nitrogens with one attached hydrogen (secondary N) is 1. The topological polar surface area (TPSA) is 60.1 Å². The van der Waals surface area contributed by atoms with E-state index >= 15 is 0 Å². The number of carbonyl (C=O) groups excluding carboxylic acids is 1. The number of aryl methyl sites for hydroxylation is 2. The van der Waals surface area contributed by atoms with E-state index in [0.29, 0.717) is 17.3 Å². The van der Waals surface area contributed by atoms with E-state index in [2.05, 4.69) is 10.4 Å². The number of carbonyl (C=O) groups is 1. The fraction of sp³-hybridized carbons (Fsp3) is 0.263. The minimum Gasteiger partial charge on any atom is -0.454 e. The largest absolute Gasteiger partial charge is 0.454 e. The Morgan fingerprint density at radius 1 is 1.20 bits per heavy atom. The van der Waals surface area contributed by atoms with Crippen LogP contribution in [0.15, 0.2) is 34.7 Å². The number of hydrogen-bond donors (Lipinski definition) is 1. The molecule has 0 saturated carbocycles. The fourth-order valence-corrected chi connectivity index (χ4v) is 2.77. The summed E-state index contributed by atoms with van der Waals surface area (Å²) in [7, 11) is 0. The average molecular weight is 358 g/mol. The van der Waals surface area contributed by atoms with Gasteiger partial charge in [-0.05, 0) is 57.0 Å². The predicted molar refractivity (Wildman–Crippen MR) is 98.4 cm³/mol. The lowest BCUT2D eigenvalue weighted by Crippen LogP contribution is -2.12. The summed E-state index contributed by atoms with van der Waals surface area (Å²) in [5, 5.41) is 7.92. The van der Waals surface area contributed by atoms with Gasteiger partial charge in [0.05, 0.1) is 23.0 Å². The number of amides is 1. The zero-order chi connectivity index (χ0) is 18.1. The van der Waals surface area contributed by atoms with Crippen molar-refractivity contribution < 1.29 is 9.21 Å². The molecule has 1 aromatic carbocycles. The summed E-state index contributed by atoms with van der Waals surface area (Å²) in [5.41, 5.74) is 4.60. The molecule has 0 unspecified atom stereocenters. The van der Waals surface area contributed by atoms with Crippen LogP contribution in [0.25, 0.3) is 0 Å². The molecule has 25 heavy (non-hydrogen) atoms. The summed E-state index contributed by atoms with van der Waals surface area (Å²) in [6.07, 6.45) is 0. The van der Waals surface area contributed by atoms with Gasteiger partial charge in [0.2, 0.25) is 0 Å². The highest BCUT2D eigenvalue weighted by Crippen LogP contribution is 2.22. The molecule has 0 aliphatic rings. The third-order valence-electron chi connectivity index (χ3n) is 4.34. The molecule has 130 valence electrons. The maximum atomic E-state index is 12.4. The third-order valence-corrected chi connectivity index (χ3v) is 4.88. The fourth-order valence-electron chi connectivity index (χ4n) is 2.63. The van der Waals surface area contributed by atoms with Gasteiger partial charge < -0.3 is 9.73 Å². The Hall–Kier alpha value is -2.53. The number of rotatable bonds is 4. The molecule has 6 heteroatoms. The summed E-state index contributed by atoms with van der Waals surface area (Å²) in [5.74, 6) is 0.642. The van der Waals surface area contributed by atoms with Crippen LogP contribution < -0.4 is 5.32 Å². The van der Waals surface area contributed by atoms with Crippen molar-refractivity contribution in [3.05, 3.63) is 69.4 Å². The van der Waals surface area contributed by atoms with Crippen molar-refractivity contribution in [2.75, 3.05) is 5.32 Å². The van der Waals surface area contributed by atoms with Crippen molar-refractivity contribution in [2.45, 2.75) is 34.2 Å². The third kappa shape index (κ3) is 3.46. The van der Waals surface area contributed by atoms with Crippen molar-refractivity contribution in [3.8, 4) is 0 Å². The summed E-state index contributed by atoms with van der Waals surface area (Å²) >= 11 is 6.16. The Morgan fingerprint density at radius 2 is 1.96 bits per heavy atom. The minimum absolute atomic E-state index is 0.267. The molecule has 0 bridgehead atoms. The van der Waals surface area contributed by atoms with Crippen LogP contribution in [0.3, 0.4) is 0 Å². The molecule has 2 aromatic heterocycles. The van der Waals surface area contributed by atoms with Gasteiger partial charge >= 0.3 is 0 Å². The zero-order valence-corrected chi connectivity index (χ0v) is 15.4. The van der Waals surface area contributed by atoms with Crippen LogP contribution in [0, 0.1) is 27.7 Å². The highest BCUT2D eigenvalue weighted by atomic mass is 35.5. The van der Waals surface area contributed by atoms with Crippen LogP contribution in [0.2, 0.25) is 5.02 Å². The monoisotopic (exact) mass is 357 g/mol. The van der Waals surface area contributed by atoms with E-state index in [1.807, 2.05) is 45.9 Å². The first-order valence-corrected chi connectivity index (χ1v) is 8.40. The molecule has 1 amide bonds. The van der Waals surface area contributed by atoms with Crippen molar-refractivity contribution >= 4 is 23.2 Å². The van der Waals surface area contributed by atoms with Crippen LogP contribution in [0.5, 0.6) is 0 Å². The predicted octanol–water partition coefficient (Wildman–Crippen LogP) is 4.66. The SMILES string of the molecule is Cc1cccc(NC(=O)c2ccc(Cn3nc(C)c(Cl)c3C)o2)c1C. The van der Waals surface area contributed by atoms with E-state index in [1.54, 1.807) is 16.8 Å². The Labute approximate surface area is 151 Å². The highest BCUT2D eigenvalue weighted by molar-refractivity contribution is 6.31. The average Bonchev–Trinajstić information content (AvgIpc) is 3.13. The summed E-state index contributed by atoms with van der Waals surface area (Å²) in [6, 6.07) is 9.25. The van der Waals surface area contributed by atoms with Gasteiger partial charge in [-0.25, -0.2) is 0 Å². The summed E-state index contributed by atoms with van der Waals surface area (Å²) < 4.78 is 7.45. The van der Waals surface area contributed by atoms with Gasteiger partial charge in [-0.15, -0.1) is 0 Å². The first-order chi connectivity index (χ1) is 11.9. The van der Waals surface area contributed by atoms with Crippen LogP contribution >= 0.6 is 11.6 Å². The molecular weight excluding hydrogens is 338 g/mol. The number of aromatic nitrogens is 2. The molecule has 0 saturated heterocycles. The molecule has 0 spiro atoms. The Bertz CT molecular complexity index is 940. The maximum Gasteiger partial charge on any atom is 0.291 e. The maximum absolute atomic E-state index is 12.4. The molecule has 0 aliphatic heterocycles. The van der Waals surface area contributed by atoms with Gasteiger partial charge in [-0.2, -0.15) is 5.10 Å². The molecule has 0 atom stereocenters. The number of hydrogen-bond acceptors (Lipinski definition) is 3. The van der Waals surface area contributed by atoms with Gasteiger partial charge in [0.15, 0.2) is 5.76 Å². The zero-order valence-electron chi connectivity index (χ0n) is 14.7. The normalized spacial score (nSPS) is 10.9. The molecule has 3 rings (SSSR count). The van der Waals surface area contributed by atoms with Crippen molar-refractivity contribution in [2.24, 2.45) is 0 Å². The van der Waals surface area contributed by atoms with Crippen LogP contribution in [-0.2, 0) is 6.54 Å². The van der Waals surface area contributed by atoms with Gasteiger partial charge in [0, 0.05) is 5.69 Å². The quantitative estimate of drug-likeness (QED) is 0.738. The number of halogens is 1. The molecule has 3 aromatic rings. The lowest BCUT2D eigenvalue weighted by Gasteiger charge is -2.09. The molecule has 0 aliphatic carbocycles. The van der Waals surface area contributed by atoms with E-state index in [1.165, 1.54) is 0 Å². The smallest absolute Gasteiger partial charge is 0.291 e. The first kappa shape index (κ1) is 17.3. The van der Waals surface area contributed by atoms with E-state index in [0.717, 1.165) is 28.2 Å². The standard InChI is InChI=1S/C19H20ClN3O2/c1-11-6-5-7-16(12(11)2)21-19(24)17-9-8-15(25-17)10-23-14(4)18(20)13(3)22-23/h5-9H,10H2,1-4H3,(H,21,24). The number of nitrogens with zero attached hydrogens (tertiary/aromatic N) is 2. The van der Waals surface area contributed by atoms with Gasteiger partial charge in [-0.1, -0.05) is 23.7 Å². The molecular formula is C19H20ClN3O2. The Balaban J connectivity index is 1.75. The van der Waals surface area contributed by atoms with Crippen molar-refractivity contribution in [3.63, 3.8) is 0 Å². The second-order valence-electron chi connectivity index (χ2n) is 6.11. The number of benzene rings is 1. The second kappa shape index (κ2) is 6.76. The lowest BCUT2D eigenvalue weighted by molar-refractivity contribution is 0.0994. The molecule has 1 N–H and O–H groups in total. The van der Waals surface area contributed by atoms with Gasteiger partial charge in [-0.3, -0.25) is 9.48 Å². The first-order valence-electron chi connectivity index (χ1n) is 8.02. The summed E-state index contributed by atoms with van der Waals surface area (Å²) in [6.45, 7) is 8.17. The molecule has 2 heterocycles. The van der Waals surface area contributed by atoms with Crippen molar-refractivity contribution in [1.29, 1.82) is 0 Å². The van der Waals surface area contributed by atoms with Gasteiger partial charge in [0.25, 0.3) is 5.91 Å². The van der Waals surface area contributed by atoms with Crippen LogP contribution in [0.4, 0.5) is 5.69 Å². The Kier molecular flexibility index (Phi) is 4.68. The number of anilines is 1. The number of furan rings is 1. The Morgan fingerprint density at radius 3 is 2.64 bits per heavy atom. The minimum atomic E-state index is -0.272. The summed E-state index contributed by atoms with van der Waals surface area (Å²) in [4.78, 5) is 12.4. The molecule has 0 fully saturated rings. The van der Waals surface area contributed by atoms with E-state index in [-0.39, 0.29) is 11.7 Å². The van der Waals surface area contributed by atoms with E-state index < -0.39 is 0 Å². The second-order valence-corrected chi connectivity index (χ2v) is 6.49. The van der Waals surface area contributed by atoms with Gasteiger partial charge in [0.1, 0.15) is 5.76 Å². The lowest BCUT2D eigenvalue weighted by atomic mass is 10.1. The molecule has 5 nitrogen and oxygen atoms in total.